The Morgan fingerprint density at radius 3 is 2.21 bits per heavy atom. The van der Waals surface area contributed by atoms with Crippen molar-refractivity contribution in [2.75, 3.05) is 0 Å². The molecule has 2 nitrogen and oxygen atoms in total. The number of hydrogen-bond donors (Lipinski definition) is 2. The van der Waals surface area contributed by atoms with Crippen LogP contribution in [0.25, 0.3) is 0 Å². The van der Waals surface area contributed by atoms with E-state index >= 15 is 0 Å². The summed E-state index contributed by atoms with van der Waals surface area (Å²) < 4.78 is 0. The largest absolute Gasteiger partial charge is 0.365 e. The second-order valence-electron chi connectivity index (χ2n) is 14.2. The van der Waals surface area contributed by atoms with E-state index in [4.69, 9.17) is 0 Å². The molecule has 0 saturated heterocycles. The van der Waals surface area contributed by atoms with Crippen LogP contribution in [0, 0.1) is 45.3 Å². The summed E-state index contributed by atoms with van der Waals surface area (Å²) in [6, 6.07) is 0. The van der Waals surface area contributed by atoms with Gasteiger partial charge in [0.05, 0.1) is 0 Å². The Morgan fingerprint density at radius 2 is 1.58 bits per heavy atom. The lowest BCUT2D eigenvalue weighted by Gasteiger charge is -2.63. The lowest BCUT2D eigenvalue weighted by atomic mass is 9.43. The molecule has 1 unspecified atom stereocenters. The first-order chi connectivity index (χ1) is 15.1. The van der Waals surface area contributed by atoms with Gasteiger partial charge in [0, 0.05) is 11.8 Å². The van der Waals surface area contributed by atoms with Gasteiger partial charge in [0.1, 0.15) is 0 Å². The molecule has 0 radical (unpaired) electrons. The fraction of sp³-hybridized carbons (Fsp3) is 0.871. The lowest BCUT2D eigenvalue weighted by Crippen LogP contribution is -2.60. The molecule has 2 fully saturated rings. The van der Waals surface area contributed by atoms with E-state index in [1.807, 2.05) is 0 Å². The summed E-state index contributed by atoms with van der Waals surface area (Å²) >= 11 is 0. The van der Waals surface area contributed by atoms with E-state index < -0.39 is 11.2 Å². The molecule has 0 aliphatic heterocycles. The van der Waals surface area contributed by atoms with Gasteiger partial charge in [-0.2, -0.15) is 0 Å². The van der Waals surface area contributed by atoms with E-state index in [0.717, 1.165) is 31.1 Å². The van der Waals surface area contributed by atoms with Gasteiger partial charge < -0.3 is 10.2 Å². The third kappa shape index (κ3) is 3.47. The standard InChI is InChI=1S/C31H52O2/c1-20(2)21(3)10-11-22(4)23-14-16-30(9)25-12-13-26-27(5,6)31(32,33)19-18-28(26,7)24(25)15-17-29(23,30)8/h20,22-23,26,32-33H,3,10-19H2,1-2,4-9H3/t22-,23-,26?,28-,29-,30+/m1/s1. The topological polar surface area (TPSA) is 40.5 Å². The summed E-state index contributed by atoms with van der Waals surface area (Å²) in [5.41, 5.74) is 5.27. The second kappa shape index (κ2) is 7.95. The lowest BCUT2D eigenvalue weighted by molar-refractivity contribution is -0.287. The van der Waals surface area contributed by atoms with Gasteiger partial charge >= 0.3 is 0 Å². The van der Waals surface area contributed by atoms with Gasteiger partial charge in [-0.3, -0.25) is 0 Å². The van der Waals surface area contributed by atoms with Crippen LogP contribution in [-0.2, 0) is 0 Å². The minimum absolute atomic E-state index is 0.120. The fourth-order valence-corrected chi connectivity index (χ4v) is 9.49. The summed E-state index contributed by atoms with van der Waals surface area (Å²) in [5, 5.41) is 21.7. The van der Waals surface area contributed by atoms with Crippen LogP contribution in [0.5, 0.6) is 0 Å². The van der Waals surface area contributed by atoms with Crippen molar-refractivity contribution in [2.24, 2.45) is 45.3 Å². The zero-order chi connectivity index (χ0) is 24.6. The molecule has 188 valence electrons. The van der Waals surface area contributed by atoms with Gasteiger partial charge in [0.2, 0.25) is 0 Å². The van der Waals surface area contributed by atoms with Crippen LogP contribution in [0.4, 0.5) is 0 Å². The Hall–Kier alpha value is -0.600. The minimum Gasteiger partial charge on any atom is -0.365 e. The highest BCUT2D eigenvalue weighted by molar-refractivity contribution is 5.39. The Morgan fingerprint density at radius 1 is 0.909 bits per heavy atom. The molecule has 2 saturated carbocycles. The van der Waals surface area contributed by atoms with E-state index in [1.165, 1.54) is 44.1 Å². The number of rotatable bonds is 5. The van der Waals surface area contributed by atoms with Crippen LogP contribution in [0.15, 0.2) is 23.3 Å². The van der Waals surface area contributed by atoms with Crippen molar-refractivity contribution >= 4 is 0 Å². The predicted octanol–water partition coefficient (Wildman–Crippen LogP) is 8.05. The van der Waals surface area contributed by atoms with E-state index in [2.05, 4.69) is 62.0 Å². The summed E-state index contributed by atoms with van der Waals surface area (Å²) in [7, 11) is 0. The van der Waals surface area contributed by atoms with Crippen LogP contribution < -0.4 is 0 Å². The van der Waals surface area contributed by atoms with Crippen LogP contribution in [0.3, 0.4) is 0 Å². The van der Waals surface area contributed by atoms with Crippen molar-refractivity contribution in [2.45, 2.75) is 125 Å². The third-order valence-electron chi connectivity index (χ3n) is 12.4. The number of allylic oxidation sites excluding steroid dienone is 3. The van der Waals surface area contributed by atoms with E-state index in [9.17, 15) is 10.2 Å². The highest BCUT2D eigenvalue weighted by Crippen LogP contribution is 2.73. The Balaban J connectivity index is 1.64. The van der Waals surface area contributed by atoms with Crippen molar-refractivity contribution in [3.05, 3.63) is 23.3 Å². The number of fused-ring (bicyclic) bond motifs is 4. The van der Waals surface area contributed by atoms with E-state index in [1.54, 1.807) is 11.1 Å². The molecule has 33 heavy (non-hydrogen) atoms. The maximum Gasteiger partial charge on any atom is 0.168 e. The molecule has 0 aromatic heterocycles. The summed E-state index contributed by atoms with van der Waals surface area (Å²) in [4.78, 5) is 0. The van der Waals surface area contributed by atoms with Crippen molar-refractivity contribution in [1.29, 1.82) is 0 Å². The number of hydrogen-bond acceptors (Lipinski definition) is 2. The summed E-state index contributed by atoms with van der Waals surface area (Å²) in [6.07, 6.45) is 11.3. The van der Waals surface area contributed by atoms with Gasteiger partial charge in [-0.25, -0.2) is 0 Å². The smallest absolute Gasteiger partial charge is 0.168 e. The van der Waals surface area contributed by atoms with Gasteiger partial charge in [-0.05, 0) is 97.7 Å². The average Bonchev–Trinajstić information content (AvgIpc) is 3.01. The SMILES string of the molecule is C=C(CC[C@@H](C)[C@H]1CC[C@@]2(C)C3=C(CC[C@]12C)[C@@]1(C)CCC(O)(O)C(C)(C)C1CC3)C(C)C. The molecule has 0 spiro atoms. The van der Waals surface area contributed by atoms with Crippen molar-refractivity contribution in [3.63, 3.8) is 0 Å². The average molecular weight is 457 g/mol. The Bertz CT molecular complexity index is 832. The van der Waals surface area contributed by atoms with Crippen LogP contribution in [0.2, 0.25) is 0 Å². The molecule has 2 heteroatoms. The first-order valence-corrected chi connectivity index (χ1v) is 14.0. The second-order valence-corrected chi connectivity index (χ2v) is 14.2. The van der Waals surface area contributed by atoms with Gasteiger partial charge in [-0.15, -0.1) is 0 Å². The maximum absolute atomic E-state index is 10.8. The van der Waals surface area contributed by atoms with Crippen LogP contribution >= 0.6 is 0 Å². The highest BCUT2D eigenvalue weighted by atomic mass is 16.5. The Kier molecular flexibility index (Phi) is 6.14. The van der Waals surface area contributed by atoms with Crippen molar-refractivity contribution in [1.82, 2.24) is 0 Å². The Labute approximate surface area is 204 Å². The van der Waals surface area contributed by atoms with Gasteiger partial charge in [-0.1, -0.05) is 78.7 Å². The molecule has 0 bridgehead atoms. The van der Waals surface area contributed by atoms with E-state index in [0.29, 0.717) is 29.1 Å². The summed E-state index contributed by atoms with van der Waals surface area (Å²) in [6.45, 7) is 23.3. The third-order valence-corrected chi connectivity index (χ3v) is 12.4. The molecule has 0 amide bonds. The monoisotopic (exact) mass is 456 g/mol. The predicted molar refractivity (Wildman–Crippen MR) is 139 cm³/mol. The molecular weight excluding hydrogens is 404 g/mol. The highest BCUT2D eigenvalue weighted by Gasteiger charge is 2.65. The zero-order valence-electron chi connectivity index (χ0n) is 23.0. The maximum atomic E-state index is 10.8. The molecule has 0 heterocycles. The molecule has 4 aliphatic rings. The molecule has 0 aromatic rings. The first-order valence-electron chi connectivity index (χ1n) is 14.0. The molecular formula is C31H52O2. The zero-order valence-corrected chi connectivity index (χ0v) is 23.0. The first kappa shape index (κ1) is 25.5. The molecule has 4 rings (SSSR count). The number of aliphatic hydroxyl groups is 2. The molecule has 6 atom stereocenters. The summed E-state index contributed by atoms with van der Waals surface area (Å²) in [5.74, 6) is 0.942. The van der Waals surface area contributed by atoms with Crippen molar-refractivity contribution in [3.8, 4) is 0 Å². The van der Waals surface area contributed by atoms with Crippen LogP contribution in [-0.4, -0.2) is 16.0 Å². The normalized spacial score (nSPS) is 42.5. The van der Waals surface area contributed by atoms with Crippen molar-refractivity contribution < 1.29 is 10.2 Å². The minimum atomic E-state index is -1.55. The van der Waals surface area contributed by atoms with E-state index in [-0.39, 0.29) is 5.41 Å². The molecule has 4 aliphatic carbocycles. The molecule has 2 N–H and O–H groups in total. The molecule has 0 aromatic carbocycles. The van der Waals surface area contributed by atoms with Gasteiger partial charge in [0.15, 0.2) is 5.79 Å². The van der Waals surface area contributed by atoms with Gasteiger partial charge in [0.25, 0.3) is 0 Å². The fourth-order valence-electron chi connectivity index (χ4n) is 9.49. The van der Waals surface area contributed by atoms with Crippen LogP contribution in [0.1, 0.15) is 120 Å². The quantitative estimate of drug-likeness (QED) is 0.324.